The van der Waals surface area contributed by atoms with Gasteiger partial charge < -0.3 is 16.3 Å². The molecule has 2 aromatic rings. The van der Waals surface area contributed by atoms with Crippen molar-refractivity contribution in [2.45, 2.75) is 13.5 Å². The summed E-state index contributed by atoms with van der Waals surface area (Å²) in [5.74, 6) is -1.08. The van der Waals surface area contributed by atoms with Gasteiger partial charge >= 0.3 is 0 Å². The second kappa shape index (κ2) is 6.04. The minimum atomic E-state index is -0.552. The molecule has 0 radical (unpaired) electrons. The fraction of sp³-hybridized carbons (Fsp3) is 0.154. The lowest BCUT2D eigenvalue weighted by atomic mass is 10.1. The number of carbonyl (C=O) groups is 1. The molecule has 2 rings (SSSR count). The number of aromatic amines is 1. The average molecular weight is 291 g/mol. The van der Waals surface area contributed by atoms with Crippen LogP contribution in [0, 0.1) is 12.7 Å². The van der Waals surface area contributed by atoms with E-state index in [1.807, 2.05) is 0 Å². The molecule has 5 N–H and O–H groups in total. The Balaban J connectivity index is 2.07. The lowest BCUT2D eigenvalue weighted by Gasteiger charge is -2.07. The van der Waals surface area contributed by atoms with Gasteiger partial charge in [-0.2, -0.15) is 5.10 Å². The average Bonchev–Trinajstić information content (AvgIpc) is 2.91. The summed E-state index contributed by atoms with van der Waals surface area (Å²) in [5.41, 5.74) is 6.96. The number of carbonyl (C=O) groups excluding carboxylic acids is 1. The molecule has 0 atom stereocenters. The molecule has 0 bridgehead atoms. The van der Waals surface area contributed by atoms with E-state index in [1.165, 1.54) is 18.3 Å². The largest absolute Gasteiger partial charge is 0.409 e. The molecule has 0 spiro atoms. The fourth-order valence-electron chi connectivity index (χ4n) is 1.76. The van der Waals surface area contributed by atoms with Crippen LogP contribution in [0.2, 0.25) is 0 Å². The number of amidine groups is 1. The molecule has 1 amide bonds. The maximum absolute atomic E-state index is 13.9. The van der Waals surface area contributed by atoms with E-state index in [-0.39, 0.29) is 23.9 Å². The third-order valence-electron chi connectivity index (χ3n) is 2.97. The monoisotopic (exact) mass is 291 g/mol. The van der Waals surface area contributed by atoms with Gasteiger partial charge in [-0.1, -0.05) is 17.3 Å². The molecule has 0 aliphatic carbocycles. The van der Waals surface area contributed by atoms with Gasteiger partial charge in [0.15, 0.2) is 5.84 Å². The van der Waals surface area contributed by atoms with Crippen molar-refractivity contribution in [2.75, 3.05) is 0 Å². The summed E-state index contributed by atoms with van der Waals surface area (Å²) in [4.78, 5) is 11.9. The van der Waals surface area contributed by atoms with Crippen LogP contribution < -0.4 is 11.1 Å². The van der Waals surface area contributed by atoms with Crippen molar-refractivity contribution in [3.05, 3.63) is 52.6 Å². The van der Waals surface area contributed by atoms with Gasteiger partial charge in [0.1, 0.15) is 5.82 Å². The van der Waals surface area contributed by atoms with Gasteiger partial charge in [-0.25, -0.2) is 4.39 Å². The molecule has 1 aromatic heterocycles. The summed E-state index contributed by atoms with van der Waals surface area (Å²) in [6.07, 6.45) is 1.41. The Labute approximate surface area is 119 Å². The number of oxime groups is 1. The SMILES string of the molecule is Cc1[nH]ncc1C(=O)NCc1ccc(C(N)=NO)cc1F. The van der Waals surface area contributed by atoms with Crippen molar-refractivity contribution in [1.82, 2.24) is 15.5 Å². The van der Waals surface area contributed by atoms with Gasteiger partial charge in [0.05, 0.1) is 11.8 Å². The Kier molecular flexibility index (Phi) is 4.17. The second-order valence-electron chi connectivity index (χ2n) is 4.38. The minimum Gasteiger partial charge on any atom is -0.409 e. The highest BCUT2D eigenvalue weighted by Crippen LogP contribution is 2.11. The minimum absolute atomic E-state index is 0.0196. The van der Waals surface area contributed by atoms with E-state index in [4.69, 9.17) is 10.9 Å². The van der Waals surface area contributed by atoms with Gasteiger partial charge in [0, 0.05) is 23.4 Å². The zero-order valence-electron chi connectivity index (χ0n) is 11.2. The number of halogens is 1. The number of aromatic nitrogens is 2. The number of hydrogen-bond donors (Lipinski definition) is 4. The van der Waals surface area contributed by atoms with E-state index in [2.05, 4.69) is 20.7 Å². The standard InChI is InChI=1S/C13H14FN5O2/c1-7-10(6-17-18-7)13(20)16-5-9-3-2-8(4-11(9)14)12(15)19-21/h2-4,6,21H,5H2,1H3,(H2,15,19)(H,16,20)(H,17,18). The van der Waals surface area contributed by atoms with Crippen molar-refractivity contribution in [3.63, 3.8) is 0 Å². The van der Waals surface area contributed by atoms with Crippen LogP contribution in [-0.4, -0.2) is 27.1 Å². The summed E-state index contributed by atoms with van der Waals surface area (Å²) in [6, 6.07) is 4.10. The van der Waals surface area contributed by atoms with Crippen LogP contribution in [0.3, 0.4) is 0 Å². The Bertz CT molecular complexity index is 696. The molecule has 8 heteroatoms. The molecule has 0 fully saturated rings. The predicted molar refractivity (Wildman–Crippen MR) is 73.4 cm³/mol. The summed E-state index contributed by atoms with van der Waals surface area (Å²) in [5, 5.41) is 20.3. The van der Waals surface area contributed by atoms with E-state index < -0.39 is 5.82 Å². The molecular weight excluding hydrogens is 277 g/mol. The van der Waals surface area contributed by atoms with E-state index in [0.717, 1.165) is 6.07 Å². The molecular formula is C13H14FN5O2. The van der Waals surface area contributed by atoms with Crippen LogP contribution in [-0.2, 0) is 6.54 Å². The number of H-pyrrole nitrogens is 1. The highest BCUT2D eigenvalue weighted by Gasteiger charge is 2.12. The zero-order valence-corrected chi connectivity index (χ0v) is 11.2. The Morgan fingerprint density at radius 2 is 2.33 bits per heavy atom. The van der Waals surface area contributed by atoms with E-state index >= 15 is 0 Å². The number of nitrogens with zero attached hydrogens (tertiary/aromatic N) is 2. The number of nitrogens with one attached hydrogen (secondary N) is 2. The van der Waals surface area contributed by atoms with Crippen molar-refractivity contribution in [1.29, 1.82) is 0 Å². The molecule has 0 aliphatic heterocycles. The van der Waals surface area contributed by atoms with Crippen LogP contribution >= 0.6 is 0 Å². The number of rotatable bonds is 4. The fourth-order valence-corrected chi connectivity index (χ4v) is 1.76. The van der Waals surface area contributed by atoms with Crippen LogP contribution in [0.5, 0.6) is 0 Å². The number of aryl methyl sites for hydroxylation is 1. The molecule has 0 saturated heterocycles. The normalized spacial score (nSPS) is 11.4. The first-order chi connectivity index (χ1) is 10.0. The van der Waals surface area contributed by atoms with Crippen LogP contribution in [0.15, 0.2) is 29.6 Å². The molecule has 1 heterocycles. The lowest BCUT2D eigenvalue weighted by molar-refractivity contribution is 0.0950. The van der Waals surface area contributed by atoms with Gasteiger partial charge in [-0.15, -0.1) is 0 Å². The predicted octanol–water partition coefficient (Wildman–Crippen LogP) is 0.882. The van der Waals surface area contributed by atoms with E-state index in [0.29, 0.717) is 16.8 Å². The maximum Gasteiger partial charge on any atom is 0.255 e. The topological polar surface area (TPSA) is 116 Å². The smallest absolute Gasteiger partial charge is 0.255 e. The molecule has 0 aliphatic rings. The summed E-state index contributed by atoms with van der Waals surface area (Å²) >= 11 is 0. The first-order valence-electron chi connectivity index (χ1n) is 6.07. The summed E-state index contributed by atoms with van der Waals surface area (Å²) < 4.78 is 13.9. The van der Waals surface area contributed by atoms with E-state index in [1.54, 1.807) is 6.92 Å². The molecule has 110 valence electrons. The highest BCUT2D eigenvalue weighted by molar-refractivity contribution is 5.97. The number of amides is 1. The van der Waals surface area contributed by atoms with Crippen LogP contribution in [0.1, 0.15) is 27.2 Å². The van der Waals surface area contributed by atoms with Crippen molar-refractivity contribution in [3.8, 4) is 0 Å². The number of nitrogens with two attached hydrogens (primary N) is 1. The molecule has 0 unspecified atom stereocenters. The Hall–Kier alpha value is -2.90. The van der Waals surface area contributed by atoms with Gasteiger partial charge in [-0.05, 0) is 13.0 Å². The first kappa shape index (κ1) is 14.5. The van der Waals surface area contributed by atoms with Gasteiger partial charge in [-0.3, -0.25) is 9.89 Å². The molecule has 0 saturated carbocycles. The van der Waals surface area contributed by atoms with E-state index in [9.17, 15) is 9.18 Å². The maximum atomic E-state index is 13.9. The quantitative estimate of drug-likeness (QED) is 0.289. The van der Waals surface area contributed by atoms with Gasteiger partial charge in [0.2, 0.25) is 0 Å². The van der Waals surface area contributed by atoms with Crippen LogP contribution in [0.4, 0.5) is 4.39 Å². The lowest BCUT2D eigenvalue weighted by Crippen LogP contribution is -2.24. The summed E-state index contributed by atoms with van der Waals surface area (Å²) in [7, 11) is 0. The molecule has 1 aromatic carbocycles. The van der Waals surface area contributed by atoms with Crippen molar-refractivity contribution >= 4 is 11.7 Å². The van der Waals surface area contributed by atoms with Gasteiger partial charge in [0.25, 0.3) is 5.91 Å². The second-order valence-corrected chi connectivity index (χ2v) is 4.38. The first-order valence-corrected chi connectivity index (χ1v) is 6.07. The number of hydrogen-bond acceptors (Lipinski definition) is 4. The zero-order chi connectivity index (χ0) is 15.4. The third kappa shape index (κ3) is 3.16. The Morgan fingerprint density at radius 3 is 2.90 bits per heavy atom. The van der Waals surface area contributed by atoms with Crippen molar-refractivity contribution < 1.29 is 14.4 Å². The number of benzene rings is 1. The third-order valence-corrected chi connectivity index (χ3v) is 2.97. The Morgan fingerprint density at radius 1 is 1.57 bits per heavy atom. The highest BCUT2D eigenvalue weighted by atomic mass is 19.1. The van der Waals surface area contributed by atoms with Crippen LogP contribution in [0.25, 0.3) is 0 Å². The summed E-state index contributed by atoms with van der Waals surface area (Å²) in [6.45, 7) is 1.74. The molecule has 7 nitrogen and oxygen atoms in total. The molecule has 21 heavy (non-hydrogen) atoms. The van der Waals surface area contributed by atoms with Crippen molar-refractivity contribution in [2.24, 2.45) is 10.9 Å².